The summed E-state index contributed by atoms with van der Waals surface area (Å²) < 4.78 is 32.2. The molecule has 1 aliphatic rings. The van der Waals surface area contributed by atoms with E-state index < -0.39 is 17.2 Å². The van der Waals surface area contributed by atoms with E-state index in [-0.39, 0.29) is 37.4 Å². The van der Waals surface area contributed by atoms with Gasteiger partial charge in [0.1, 0.15) is 0 Å². The number of hydrogen-bond donors (Lipinski definition) is 2. The summed E-state index contributed by atoms with van der Waals surface area (Å²) in [5.41, 5.74) is 2.61. The largest absolute Gasteiger partial charge is 0.385 e. The van der Waals surface area contributed by atoms with Gasteiger partial charge in [0.15, 0.2) is 11.6 Å². The van der Waals surface area contributed by atoms with Crippen molar-refractivity contribution in [1.29, 1.82) is 0 Å². The molecule has 1 aromatic heterocycles. The molecule has 0 spiro atoms. The maximum absolute atomic E-state index is 14.2. The number of piperidine rings is 1. The Bertz CT molecular complexity index is 1340. The Morgan fingerprint density at radius 2 is 1.79 bits per heavy atom. The van der Waals surface area contributed by atoms with Gasteiger partial charge in [-0.1, -0.05) is 18.2 Å². The standard InChI is InChI=1S/C25H21F2N3O2S2/c26-19-4-1-3-18(22(19)27)25(32)11-13-30(14-12-25)24(31)16-7-9-17(10-8-16)29-34-21-6-2-5-20-23(21)28-15-33-20/h1-10,15,29,32H,11-14H2. The van der Waals surface area contributed by atoms with E-state index in [0.717, 1.165) is 26.9 Å². The number of halogens is 2. The maximum atomic E-state index is 14.2. The van der Waals surface area contributed by atoms with Crippen LogP contribution in [-0.4, -0.2) is 34.0 Å². The van der Waals surface area contributed by atoms with E-state index in [2.05, 4.69) is 9.71 Å². The van der Waals surface area contributed by atoms with Crippen molar-refractivity contribution in [2.75, 3.05) is 17.8 Å². The average molecular weight is 498 g/mol. The molecule has 1 fully saturated rings. The Morgan fingerprint density at radius 3 is 2.56 bits per heavy atom. The number of hydrogen-bond acceptors (Lipinski definition) is 6. The summed E-state index contributed by atoms with van der Waals surface area (Å²) in [5, 5.41) is 10.9. The van der Waals surface area contributed by atoms with E-state index in [1.807, 2.05) is 35.8 Å². The molecule has 1 saturated heterocycles. The van der Waals surface area contributed by atoms with Gasteiger partial charge in [0.05, 0.1) is 26.2 Å². The molecule has 5 rings (SSSR count). The SMILES string of the molecule is O=C(c1ccc(NSc2cccc3scnc23)cc1)N1CCC(O)(c2cccc(F)c2F)CC1. The lowest BCUT2D eigenvalue weighted by atomic mass is 9.84. The van der Waals surface area contributed by atoms with Crippen molar-refractivity contribution in [3.05, 3.63) is 88.9 Å². The van der Waals surface area contributed by atoms with Crippen LogP contribution in [-0.2, 0) is 5.60 Å². The summed E-state index contributed by atoms with van der Waals surface area (Å²) in [7, 11) is 0. The number of benzene rings is 3. The number of carbonyl (C=O) groups is 1. The number of carbonyl (C=O) groups excluding carboxylic acids is 1. The van der Waals surface area contributed by atoms with Crippen molar-refractivity contribution in [2.45, 2.75) is 23.3 Å². The Balaban J connectivity index is 1.21. The lowest BCUT2D eigenvalue weighted by Gasteiger charge is -2.38. The van der Waals surface area contributed by atoms with Crippen LogP contribution in [0.15, 0.2) is 71.1 Å². The van der Waals surface area contributed by atoms with Gasteiger partial charge in [-0.2, -0.15) is 0 Å². The zero-order valence-electron chi connectivity index (χ0n) is 18.0. The summed E-state index contributed by atoms with van der Waals surface area (Å²) in [6, 6.07) is 17.0. The number of aliphatic hydroxyl groups is 1. The van der Waals surface area contributed by atoms with Crippen LogP contribution in [0.25, 0.3) is 10.2 Å². The minimum absolute atomic E-state index is 0.0548. The van der Waals surface area contributed by atoms with Gasteiger partial charge < -0.3 is 14.7 Å². The van der Waals surface area contributed by atoms with Crippen LogP contribution in [0.4, 0.5) is 14.5 Å². The van der Waals surface area contributed by atoms with E-state index in [9.17, 15) is 18.7 Å². The predicted molar refractivity (Wildman–Crippen MR) is 131 cm³/mol. The van der Waals surface area contributed by atoms with Crippen LogP contribution < -0.4 is 4.72 Å². The summed E-state index contributed by atoms with van der Waals surface area (Å²) >= 11 is 3.06. The summed E-state index contributed by atoms with van der Waals surface area (Å²) in [6.45, 7) is 0.498. The molecule has 3 aromatic carbocycles. The van der Waals surface area contributed by atoms with Gasteiger partial charge in [0.2, 0.25) is 0 Å². The normalized spacial score (nSPS) is 15.4. The first kappa shape index (κ1) is 22.8. The first-order valence-corrected chi connectivity index (χ1v) is 12.5. The monoisotopic (exact) mass is 497 g/mol. The van der Waals surface area contributed by atoms with Crippen molar-refractivity contribution in [2.24, 2.45) is 0 Å². The molecule has 0 aliphatic carbocycles. The molecule has 4 aromatic rings. The molecule has 34 heavy (non-hydrogen) atoms. The molecule has 174 valence electrons. The minimum Gasteiger partial charge on any atom is -0.385 e. The van der Waals surface area contributed by atoms with Gasteiger partial charge in [-0.15, -0.1) is 11.3 Å². The van der Waals surface area contributed by atoms with Gasteiger partial charge in [-0.3, -0.25) is 4.79 Å². The van der Waals surface area contributed by atoms with Gasteiger partial charge in [-0.25, -0.2) is 13.8 Å². The Kier molecular flexibility index (Phi) is 6.24. The second kappa shape index (κ2) is 9.32. The molecule has 1 aliphatic heterocycles. The van der Waals surface area contributed by atoms with Crippen LogP contribution in [0.3, 0.4) is 0 Å². The van der Waals surface area contributed by atoms with E-state index in [1.165, 1.54) is 24.1 Å². The van der Waals surface area contributed by atoms with Gasteiger partial charge in [0, 0.05) is 29.9 Å². The fourth-order valence-corrected chi connectivity index (χ4v) is 5.67. The van der Waals surface area contributed by atoms with Crippen LogP contribution in [0.1, 0.15) is 28.8 Å². The second-order valence-corrected chi connectivity index (χ2v) is 9.90. The highest BCUT2D eigenvalue weighted by Gasteiger charge is 2.38. The molecular weight excluding hydrogens is 476 g/mol. The molecule has 9 heteroatoms. The number of thiazole rings is 1. The molecule has 5 nitrogen and oxygen atoms in total. The molecule has 2 heterocycles. The van der Waals surface area contributed by atoms with Crippen LogP contribution >= 0.6 is 23.3 Å². The molecule has 1 amide bonds. The summed E-state index contributed by atoms with van der Waals surface area (Å²) in [4.78, 5) is 20.0. The van der Waals surface area contributed by atoms with Crippen molar-refractivity contribution < 1.29 is 18.7 Å². The average Bonchev–Trinajstić information content (AvgIpc) is 3.34. The molecule has 0 radical (unpaired) electrons. The number of para-hydroxylation sites is 1. The fraction of sp³-hybridized carbons (Fsp3) is 0.200. The zero-order chi connectivity index (χ0) is 23.7. The van der Waals surface area contributed by atoms with Crippen molar-refractivity contribution in [1.82, 2.24) is 9.88 Å². The quantitative estimate of drug-likeness (QED) is 0.340. The van der Waals surface area contributed by atoms with E-state index in [4.69, 9.17) is 0 Å². The lowest BCUT2D eigenvalue weighted by Crippen LogP contribution is -2.45. The molecule has 0 bridgehead atoms. The number of rotatable bonds is 5. The summed E-state index contributed by atoms with van der Waals surface area (Å²) in [6.07, 6.45) is 0.273. The molecule has 0 atom stereocenters. The van der Waals surface area contributed by atoms with E-state index in [0.29, 0.717) is 5.56 Å². The minimum atomic E-state index is -1.49. The van der Waals surface area contributed by atoms with Crippen molar-refractivity contribution in [3.8, 4) is 0 Å². The first-order valence-electron chi connectivity index (χ1n) is 10.8. The Labute approximate surface area is 203 Å². The number of amides is 1. The lowest BCUT2D eigenvalue weighted by molar-refractivity contribution is -0.0240. The number of likely N-dealkylation sites (tertiary alicyclic amines) is 1. The fourth-order valence-electron chi connectivity index (χ4n) is 4.13. The third-order valence-electron chi connectivity index (χ3n) is 6.06. The van der Waals surface area contributed by atoms with Gasteiger partial charge in [-0.05, 0) is 67.3 Å². The topological polar surface area (TPSA) is 65.5 Å². The predicted octanol–water partition coefficient (Wildman–Crippen LogP) is 5.82. The zero-order valence-corrected chi connectivity index (χ0v) is 19.6. The molecule has 0 saturated carbocycles. The maximum Gasteiger partial charge on any atom is 0.253 e. The van der Waals surface area contributed by atoms with Crippen LogP contribution in [0.5, 0.6) is 0 Å². The Morgan fingerprint density at radius 1 is 1.06 bits per heavy atom. The van der Waals surface area contributed by atoms with Gasteiger partial charge in [0.25, 0.3) is 5.91 Å². The third-order valence-corrected chi connectivity index (χ3v) is 7.75. The van der Waals surface area contributed by atoms with Crippen LogP contribution in [0.2, 0.25) is 0 Å². The second-order valence-electron chi connectivity index (χ2n) is 8.16. The highest BCUT2D eigenvalue weighted by atomic mass is 32.2. The molecular formula is C25H21F2N3O2S2. The highest BCUT2D eigenvalue weighted by molar-refractivity contribution is 8.00. The highest BCUT2D eigenvalue weighted by Crippen LogP contribution is 2.35. The smallest absolute Gasteiger partial charge is 0.253 e. The number of nitrogens with zero attached hydrogens (tertiary/aromatic N) is 2. The Hall–Kier alpha value is -3.01. The van der Waals surface area contributed by atoms with Crippen molar-refractivity contribution in [3.63, 3.8) is 0 Å². The molecule has 0 unspecified atom stereocenters. The van der Waals surface area contributed by atoms with Gasteiger partial charge >= 0.3 is 0 Å². The van der Waals surface area contributed by atoms with E-state index in [1.54, 1.807) is 28.4 Å². The number of aromatic nitrogens is 1. The number of nitrogens with one attached hydrogen (secondary N) is 1. The number of anilines is 1. The van der Waals surface area contributed by atoms with Crippen molar-refractivity contribution >= 4 is 45.1 Å². The van der Waals surface area contributed by atoms with Crippen LogP contribution in [0, 0.1) is 11.6 Å². The number of fused-ring (bicyclic) bond motifs is 1. The summed E-state index contributed by atoms with van der Waals surface area (Å²) in [5.74, 6) is -2.18. The first-order chi connectivity index (χ1) is 16.4. The van der Waals surface area contributed by atoms with E-state index >= 15 is 0 Å². The third kappa shape index (κ3) is 4.38. The molecule has 2 N–H and O–H groups in total.